The highest BCUT2D eigenvalue weighted by Crippen LogP contribution is 2.22. The lowest BCUT2D eigenvalue weighted by atomic mass is 10.0. The Kier molecular flexibility index (Phi) is 8.07. The maximum absolute atomic E-state index is 12.2. The quantitative estimate of drug-likeness (QED) is 0.401. The molecule has 1 aromatic carbocycles. The summed E-state index contributed by atoms with van der Waals surface area (Å²) in [4.78, 5) is 23.5. The summed E-state index contributed by atoms with van der Waals surface area (Å²) in [7, 11) is 0. The van der Waals surface area contributed by atoms with Crippen LogP contribution >= 0.6 is 0 Å². The van der Waals surface area contributed by atoms with E-state index in [1.165, 1.54) is 5.48 Å². The molecule has 1 unspecified atom stereocenters. The molecule has 1 atom stereocenters. The van der Waals surface area contributed by atoms with E-state index < -0.39 is 24.5 Å². The number of carbonyl (C=O) groups excluding carboxylic acids is 2. The largest absolute Gasteiger partial charge is 0.493 e. The second kappa shape index (κ2) is 9.81. The average Bonchev–Trinajstić information content (AvgIpc) is 2.57. The summed E-state index contributed by atoms with van der Waals surface area (Å²) >= 11 is 0. The highest BCUT2D eigenvalue weighted by molar-refractivity contribution is 5.97. The van der Waals surface area contributed by atoms with Crippen LogP contribution in [-0.2, 0) is 11.2 Å². The molecule has 0 bridgehead atoms. The minimum atomic E-state index is -1.21. The van der Waals surface area contributed by atoms with Gasteiger partial charge in [0, 0.05) is 5.56 Å². The summed E-state index contributed by atoms with van der Waals surface area (Å²) < 4.78 is 5.66. The molecule has 0 spiro atoms. The van der Waals surface area contributed by atoms with Gasteiger partial charge in [0.1, 0.15) is 11.8 Å². The fourth-order valence-corrected chi connectivity index (χ4v) is 2.05. The molecule has 0 saturated carbocycles. The number of hydrogen-bond donors (Lipinski definition) is 4. The Bertz CT molecular complexity index is 533. The Morgan fingerprint density at radius 2 is 2.00 bits per heavy atom. The van der Waals surface area contributed by atoms with E-state index in [1.807, 2.05) is 13.8 Å². The van der Waals surface area contributed by atoms with Crippen molar-refractivity contribution in [3.63, 3.8) is 0 Å². The van der Waals surface area contributed by atoms with Gasteiger partial charge in [-0.3, -0.25) is 14.8 Å². The average molecular weight is 324 g/mol. The lowest BCUT2D eigenvalue weighted by molar-refractivity contribution is -0.132. The summed E-state index contributed by atoms with van der Waals surface area (Å²) in [5.41, 5.74) is 2.68. The van der Waals surface area contributed by atoms with Gasteiger partial charge in [-0.2, -0.15) is 0 Å². The Morgan fingerprint density at radius 1 is 1.26 bits per heavy atom. The summed E-state index contributed by atoms with van der Waals surface area (Å²) in [6, 6.07) is 3.84. The molecule has 0 heterocycles. The molecular formula is C16H24N2O5. The smallest absolute Gasteiger partial charge is 0.268 e. The number of benzene rings is 1. The van der Waals surface area contributed by atoms with Gasteiger partial charge in [-0.1, -0.05) is 20.3 Å². The molecule has 23 heavy (non-hydrogen) atoms. The molecular weight excluding hydrogens is 300 g/mol. The SMILES string of the molecule is CCCOc1ccc(C(=O)NC(CO)C(=O)NO)cc1CCC. The zero-order chi connectivity index (χ0) is 17.2. The Balaban J connectivity index is 2.92. The van der Waals surface area contributed by atoms with E-state index >= 15 is 0 Å². The van der Waals surface area contributed by atoms with Gasteiger partial charge in [-0.15, -0.1) is 0 Å². The fraction of sp³-hybridized carbons (Fsp3) is 0.500. The maximum Gasteiger partial charge on any atom is 0.268 e. The van der Waals surface area contributed by atoms with Gasteiger partial charge in [0.05, 0.1) is 13.2 Å². The number of nitrogens with one attached hydrogen (secondary N) is 2. The van der Waals surface area contributed by atoms with Gasteiger partial charge in [0.15, 0.2) is 0 Å². The van der Waals surface area contributed by atoms with Crippen molar-refractivity contribution in [2.75, 3.05) is 13.2 Å². The van der Waals surface area contributed by atoms with Gasteiger partial charge in [0.25, 0.3) is 11.8 Å². The highest BCUT2D eigenvalue weighted by atomic mass is 16.5. The molecule has 0 aliphatic rings. The number of ether oxygens (including phenoxy) is 1. The minimum absolute atomic E-state index is 0.362. The fourth-order valence-electron chi connectivity index (χ4n) is 2.05. The van der Waals surface area contributed by atoms with Crippen LogP contribution in [0.1, 0.15) is 42.6 Å². The van der Waals surface area contributed by atoms with Crippen molar-refractivity contribution < 1.29 is 24.6 Å². The summed E-state index contributed by atoms with van der Waals surface area (Å²) in [5, 5.41) is 20.0. The molecule has 7 nitrogen and oxygen atoms in total. The second-order valence-corrected chi connectivity index (χ2v) is 5.11. The molecule has 0 fully saturated rings. The second-order valence-electron chi connectivity index (χ2n) is 5.11. The van der Waals surface area contributed by atoms with Crippen LogP contribution in [0.25, 0.3) is 0 Å². The van der Waals surface area contributed by atoms with Gasteiger partial charge in [0.2, 0.25) is 0 Å². The van der Waals surface area contributed by atoms with Gasteiger partial charge >= 0.3 is 0 Å². The number of aryl methyl sites for hydroxylation is 1. The van der Waals surface area contributed by atoms with Crippen LogP contribution in [-0.4, -0.2) is 41.4 Å². The van der Waals surface area contributed by atoms with Crippen molar-refractivity contribution in [1.82, 2.24) is 10.8 Å². The van der Waals surface area contributed by atoms with Crippen molar-refractivity contribution in [3.8, 4) is 5.75 Å². The van der Waals surface area contributed by atoms with E-state index in [0.717, 1.165) is 30.6 Å². The van der Waals surface area contributed by atoms with E-state index in [9.17, 15) is 9.59 Å². The van der Waals surface area contributed by atoms with Crippen LogP contribution in [0.3, 0.4) is 0 Å². The molecule has 0 radical (unpaired) electrons. The molecule has 1 rings (SSSR count). The third-order valence-electron chi connectivity index (χ3n) is 3.22. The number of rotatable bonds is 9. The molecule has 0 aliphatic carbocycles. The van der Waals surface area contributed by atoms with Crippen LogP contribution in [0.2, 0.25) is 0 Å². The summed E-state index contributed by atoms with van der Waals surface area (Å²) in [6.07, 6.45) is 2.56. The number of carbonyl (C=O) groups is 2. The molecule has 0 aromatic heterocycles. The minimum Gasteiger partial charge on any atom is -0.493 e. The van der Waals surface area contributed by atoms with E-state index in [-0.39, 0.29) is 0 Å². The lowest BCUT2D eigenvalue weighted by Crippen LogP contribution is -2.48. The molecule has 128 valence electrons. The van der Waals surface area contributed by atoms with Crippen LogP contribution in [0, 0.1) is 0 Å². The first-order valence-electron chi connectivity index (χ1n) is 7.68. The van der Waals surface area contributed by atoms with Crippen molar-refractivity contribution in [1.29, 1.82) is 0 Å². The highest BCUT2D eigenvalue weighted by Gasteiger charge is 2.20. The standard InChI is InChI=1S/C16H24N2O5/c1-3-5-11-9-12(6-7-14(11)23-8-4-2)15(20)17-13(10-19)16(21)18-22/h6-7,9,13,19,22H,3-5,8,10H2,1-2H3,(H,17,20)(H,18,21). The van der Waals surface area contributed by atoms with Gasteiger partial charge < -0.3 is 15.2 Å². The zero-order valence-electron chi connectivity index (χ0n) is 13.5. The molecule has 7 heteroatoms. The monoisotopic (exact) mass is 324 g/mol. The molecule has 0 aliphatic heterocycles. The first-order chi connectivity index (χ1) is 11.1. The van der Waals surface area contributed by atoms with Crippen LogP contribution in [0.5, 0.6) is 5.75 Å². The first kappa shape index (κ1) is 18.9. The molecule has 2 amide bonds. The van der Waals surface area contributed by atoms with E-state index in [1.54, 1.807) is 18.2 Å². The number of amides is 2. The zero-order valence-corrected chi connectivity index (χ0v) is 13.5. The predicted octanol–water partition coefficient (Wildman–Crippen LogP) is 1.02. The number of aliphatic hydroxyl groups excluding tert-OH is 1. The van der Waals surface area contributed by atoms with Crippen molar-refractivity contribution >= 4 is 11.8 Å². The third-order valence-corrected chi connectivity index (χ3v) is 3.22. The first-order valence-corrected chi connectivity index (χ1v) is 7.68. The van der Waals surface area contributed by atoms with Crippen molar-refractivity contribution in [2.24, 2.45) is 0 Å². The topological polar surface area (TPSA) is 108 Å². The van der Waals surface area contributed by atoms with Gasteiger partial charge in [-0.25, -0.2) is 5.48 Å². The normalized spacial score (nSPS) is 11.7. The molecule has 1 aromatic rings. The maximum atomic E-state index is 12.2. The van der Waals surface area contributed by atoms with Crippen molar-refractivity contribution in [2.45, 2.75) is 39.2 Å². The van der Waals surface area contributed by atoms with Crippen LogP contribution in [0.15, 0.2) is 18.2 Å². The third kappa shape index (κ3) is 5.54. The lowest BCUT2D eigenvalue weighted by Gasteiger charge is -2.16. The van der Waals surface area contributed by atoms with E-state index in [2.05, 4.69) is 5.32 Å². The predicted molar refractivity (Wildman–Crippen MR) is 84.5 cm³/mol. The van der Waals surface area contributed by atoms with Crippen molar-refractivity contribution in [3.05, 3.63) is 29.3 Å². The summed E-state index contributed by atoms with van der Waals surface area (Å²) in [5.74, 6) is -0.637. The van der Waals surface area contributed by atoms with E-state index in [0.29, 0.717) is 12.2 Å². The Labute approximate surface area is 135 Å². The number of hydrogen-bond acceptors (Lipinski definition) is 5. The van der Waals surface area contributed by atoms with Crippen LogP contribution in [0.4, 0.5) is 0 Å². The van der Waals surface area contributed by atoms with Gasteiger partial charge in [-0.05, 0) is 36.6 Å². The number of aliphatic hydroxyl groups is 1. The molecule has 4 N–H and O–H groups in total. The van der Waals surface area contributed by atoms with Crippen LogP contribution < -0.4 is 15.5 Å². The summed E-state index contributed by atoms with van der Waals surface area (Å²) in [6.45, 7) is 4.04. The molecule has 0 saturated heterocycles. The number of hydroxylamine groups is 1. The Morgan fingerprint density at radius 3 is 2.57 bits per heavy atom. The Hall–Kier alpha value is -2.12. The van der Waals surface area contributed by atoms with E-state index in [4.69, 9.17) is 15.1 Å².